The highest BCUT2D eigenvalue weighted by Crippen LogP contribution is 2.40. The Kier molecular flexibility index (Phi) is 3.69. The van der Waals surface area contributed by atoms with Crippen molar-refractivity contribution in [2.75, 3.05) is 6.61 Å². The first-order chi connectivity index (χ1) is 8.74. The van der Waals surface area contributed by atoms with Gasteiger partial charge in [-0.1, -0.05) is 5.11 Å². The van der Waals surface area contributed by atoms with E-state index in [9.17, 15) is 4.79 Å². The first-order valence-electron chi connectivity index (χ1n) is 5.77. The van der Waals surface area contributed by atoms with Crippen LogP contribution < -0.4 is 0 Å². The van der Waals surface area contributed by atoms with Crippen LogP contribution in [0.4, 0.5) is 0 Å². The maximum atomic E-state index is 11.5. The van der Waals surface area contributed by atoms with E-state index in [1.807, 2.05) is 6.07 Å². The first-order valence-corrected chi connectivity index (χ1v) is 5.77. The van der Waals surface area contributed by atoms with Crippen molar-refractivity contribution in [3.8, 4) is 0 Å². The zero-order chi connectivity index (χ0) is 13.0. The maximum absolute atomic E-state index is 11.5. The van der Waals surface area contributed by atoms with Gasteiger partial charge in [-0.25, -0.2) is 4.79 Å². The lowest BCUT2D eigenvalue weighted by Gasteiger charge is -1.99. The molecule has 0 aromatic carbocycles. The fourth-order valence-electron chi connectivity index (χ4n) is 1.59. The standard InChI is InChI=1S/C12H13N3O3/c1-2-17-12(16)11(14-15-13)6-10-5-9(7-18-10)8-3-4-8/h5-8H,2-4H2,1H3/b11-6-. The van der Waals surface area contributed by atoms with E-state index in [2.05, 4.69) is 10.0 Å². The molecule has 0 bridgehead atoms. The zero-order valence-electron chi connectivity index (χ0n) is 10.00. The van der Waals surface area contributed by atoms with Gasteiger partial charge in [0.2, 0.25) is 0 Å². The highest BCUT2D eigenvalue weighted by atomic mass is 16.5. The fraction of sp³-hybridized carbons (Fsp3) is 0.417. The Bertz CT molecular complexity index is 522. The van der Waals surface area contributed by atoms with Crippen LogP contribution in [0.2, 0.25) is 0 Å². The monoisotopic (exact) mass is 247 g/mol. The molecule has 0 aliphatic heterocycles. The molecule has 0 unspecified atom stereocenters. The van der Waals surface area contributed by atoms with Crippen molar-refractivity contribution in [1.82, 2.24) is 0 Å². The van der Waals surface area contributed by atoms with Crippen LogP contribution in [0.5, 0.6) is 0 Å². The number of ether oxygens (including phenoxy) is 1. The number of furan rings is 1. The molecule has 0 spiro atoms. The first kappa shape index (κ1) is 12.3. The topological polar surface area (TPSA) is 88.2 Å². The molecule has 0 radical (unpaired) electrons. The van der Waals surface area contributed by atoms with Gasteiger partial charge in [0.1, 0.15) is 11.5 Å². The van der Waals surface area contributed by atoms with Crippen molar-refractivity contribution in [2.45, 2.75) is 25.7 Å². The predicted molar refractivity (Wildman–Crippen MR) is 64.4 cm³/mol. The van der Waals surface area contributed by atoms with Gasteiger partial charge in [0.05, 0.1) is 12.9 Å². The van der Waals surface area contributed by atoms with E-state index in [0.717, 1.165) is 5.56 Å². The molecule has 1 aliphatic rings. The number of nitrogens with zero attached hydrogens (tertiary/aromatic N) is 3. The van der Waals surface area contributed by atoms with Crippen LogP contribution in [0.1, 0.15) is 37.0 Å². The number of esters is 1. The molecule has 2 rings (SSSR count). The molecular weight excluding hydrogens is 234 g/mol. The van der Waals surface area contributed by atoms with E-state index in [1.165, 1.54) is 18.9 Å². The molecular formula is C12H13N3O3. The van der Waals surface area contributed by atoms with E-state index in [0.29, 0.717) is 11.7 Å². The van der Waals surface area contributed by atoms with E-state index in [1.54, 1.807) is 13.2 Å². The molecule has 1 heterocycles. The summed E-state index contributed by atoms with van der Waals surface area (Å²) in [6.07, 6.45) is 5.40. The minimum atomic E-state index is -0.653. The Labute approximate surface area is 104 Å². The van der Waals surface area contributed by atoms with Gasteiger partial charge in [0.25, 0.3) is 0 Å². The molecule has 1 saturated carbocycles. The molecule has 0 N–H and O–H groups in total. The summed E-state index contributed by atoms with van der Waals surface area (Å²) in [5.74, 6) is 0.411. The van der Waals surface area contributed by atoms with Crippen LogP contribution in [-0.4, -0.2) is 12.6 Å². The summed E-state index contributed by atoms with van der Waals surface area (Å²) in [7, 11) is 0. The van der Waals surface area contributed by atoms with E-state index >= 15 is 0 Å². The van der Waals surface area contributed by atoms with Crippen LogP contribution in [-0.2, 0) is 9.53 Å². The molecule has 6 heteroatoms. The highest BCUT2D eigenvalue weighted by molar-refractivity contribution is 5.92. The Morgan fingerprint density at radius 1 is 1.72 bits per heavy atom. The van der Waals surface area contributed by atoms with Gasteiger partial charge in [-0.2, -0.15) is 0 Å². The molecule has 1 aromatic rings. The van der Waals surface area contributed by atoms with Crippen molar-refractivity contribution in [3.63, 3.8) is 0 Å². The van der Waals surface area contributed by atoms with E-state index in [-0.39, 0.29) is 12.3 Å². The Morgan fingerprint density at radius 2 is 2.50 bits per heavy atom. The molecule has 18 heavy (non-hydrogen) atoms. The Hall–Kier alpha value is -2.20. The van der Waals surface area contributed by atoms with Crippen LogP contribution in [0.15, 0.2) is 27.6 Å². The number of hydrogen-bond donors (Lipinski definition) is 0. The van der Waals surface area contributed by atoms with Crippen LogP contribution in [0, 0.1) is 0 Å². The molecule has 1 aliphatic carbocycles. The third-order valence-electron chi connectivity index (χ3n) is 2.60. The van der Waals surface area contributed by atoms with E-state index < -0.39 is 5.97 Å². The highest BCUT2D eigenvalue weighted by Gasteiger charge is 2.25. The van der Waals surface area contributed by atoms with Crippen molar-refractivity contribution < 1.29 is 13.9 Å². The minimum absolute atomic E-state index is 0.101. The summed E-state index contributed by atoms with van der Waals surface area (Å²) in [5, 5.41) is 3.31. The van der Waals surface area contributed by atoms with Gasteiger partial charge in [-0.3, -0.25) is 0 Å². The van der Waals surface area contributed by atoms with Crippen LogP contribution in [0.3, 0.4) is 0 Å². The van der Waals surface area contributed by atoms with E-state index in [4.69, 9.17) is 14.7 Å². The quantitative estimate of drug-likeness (QED) is 0.262. The van der Waals surface area contributed by atoms with Crippen molar-refractivity contribution >= 4 is 12.0 Å². The predicted octanol–water partition coefficient (Wildman–Crippen LogP) is 3.37. The summed E-state index contributed by atoms with van der Waals surface area (Å²) in [6.45, 7) is 1.91. The fourth-order valence-corrected chi connectivity index (χ4v) is 1.59. The normalized spacial score (nSPS) is 15.1. The van der Waals surface area contributed by atoms with Gasteiger partial charge in [-0.15, -0.1) is 0 Å². The molecule has 0 amide bonds. The number of carbonyl (C=O) groups is 1. The maximum Gasteiger partial charge on any atom is 0.340 e. The molecule has 0 atom stereocenters. The minimum Gasteiger partial charge on any atom is -0.465 e. The number of hydrogen-bond acceptors (Lipinski definition) is 4. The molecule has 1 fully saturated rings. The second-order valence-electron chi connectivity index (χ2n) is 4.00. The van der Waals surface area contributed by atoms with Gasteiger partial charge in [0, 0.05) is 4.91 Å². The third-order valence-corrected chi connectivity index (χ3v) is 2.60. The average Bonchev–Trinajstić information content (AvgIpc) is 3.10. The summed E-state index contributed by atoms with van der Waals surface area (Å²) < 4.78 is 10.1. The zero-order valence-corrected chi connectivity index (χ0v) is 10.00. The van der Waals surface area contributed by atoms with Crippen molar-refractivity contribution in [2.24, 2.45) is 5.11 Å². The van der Waals surface area contributed by atoms with Gasteiger partial charge < -0.3 is 9.15 Å². The summed E-state index contributed by atoms with van der Waals surface area (Å²) in [5.41, 5.74) is 9.43. The van der Waals surface area contributed by atoms with Crippen molar-refractivity contribution in [1.29, 1.82) is 0 Å². The summed E-state index contributed by atoms with van der Waals surface area (Å²) >= 11 is 0. The van der Waals surface area contributed by atoms with Gasteiger partial charge in [-0.05, 0) is 48.9 Å². The summed E-state index contributed by atoms with van der Waals surface area (Å²) in [6, 6.07) is 1.85. The van der Waals surface area contributed by atoms with Gasteiger partial charge in [0.15, 0.2) is 0 Å². The number of carbonyl (C=O) groups excluding carboxylic acids is 1. The molecule has 1 aromatic heterocycles. The number of rotatable bonds is 5. The molecule has 6 nitrogen and oxygen atoms in total. The number of azide groups is 1. The third kappa shape index (κ3) is 2.93. The molecule has 0 saturated heterocycles. The smallest absolute Gasteiger partial charge is 0.340 e. The lowest BCUT2D eigenvalue weighted by atomic mass is 10.2. The Morgan fingerprint density at radius 3 is 3.11 bits per heavy atom. The average molecular weight is 247 g/mol. The lowest BCUT2D eigenvalue weighted by Crippen LogP contribution is -2.05. The molecule has 94 valence electrons. The second kappa shape index (κ2) is 5.42. The van der Waals surface area contributed by atoms with Gasteiger partial charge >= 0.3 is 5.97 Å². The lowest BCUT2D eigenvalue weighted by molar-refractivity contribution is -0.138. The second-order valence-corrected chi connectivity index (χ2v) is 4.00. The van der Waals surface area contributed by atoms with Crippen LogP contribution in [0.25, 0.3) is 16.5 Å². The summed E-state index contributed by atoms with van der Waals surface area (Å²) in [4.78, 5) is 14.1. The largest absolute Gasteiger partial charge is 0.465 e. The Balaban J connectivity index is 2.19. The van der Waals surface area contributed by atoms with Crippen LogP contribution >= 0.6 is 0 Å². The van der Waals surface area contributed by atoms with Crippen molar-refractivity contribution in [3.05, 3.63) is 39.8 Å². The SMILES string of the molecule is CCOC(=O)/C(=C/c1cc(C2CC2)co1)N=[N+]=[N-].